The first-order valence-corrected chi connectivity index (χ1v) is 8.34. The highest BCUT2D eigenvalue weighted by Crippen LogP contribution is 2.28. The molecule has 2 aliphatic rings. The van der Waals surface area contributed by atoms with Gasteiger partial charge in [-0.25, -0.2) is 0 Å². The highest BCUT2D eigenvalue weighted by molar-refractivity contribution is 6.22. The fourth-order valence-corrected chi connectivity index (χ4v) is 3.70. The molecular formula is C18H24ClN3O3. The van der Waals surface area contributed by atoms with Crippen molar-refractivity contribution in [2.45, 2.75) is 39.3 Å². The molecule has 2 N–H and O–H groups in total. The van der Waals surface area contributed by atoms with Gasteiger partial charge in [0.2, 0.25) is 5.91 Å². The second kappa shape index (κ2) is 7.14. The molecule has 0 saturated carbocycles. The highest BCUT2D eigenvalue weighted by atomic mass is 35.5. The van der Waals surface area contributed by atoms with Crippen molar-refractivity contribution in [1.29, 1.82) is 0 Å². The van der Waals surface area contributed by atoms with Crippen LogP contribution in [0.4, 0.5) is 0 Å². The Morgan fingerprint density at radius 3 is 2.52 bits per heavy atom. The Bertz CT molecular complexity index is 722. The van der Waals surface area contributed by atoms with E-state index < -0.39 is 11.9 Å². The average molecular weight is 366 g/mol. The Labute approximate surface area is 153 Å². The molecule has 1 saturated heterocycles. The number of benzene rings is 1. The topological polar surface area (TPSA) is 83.7 Å². The monoisotopic (exact) mass is 365 g/mol. The molecule has 1 fully saturated rings. The molecule has 7 heteroatoms. The van der Waals surface area contributed by atoms with Crippen molar-refractivity contribution in [1.82, 2.24) is 9.80 Å². The lowest BCUT2D eigenvalue weighted by atomic mass is 10.1. The Balaban J connectivity index is 0.00000225. The lowest BCUT2D eigenvalue weighted by Crippen LogP contribution is -2.50. The van der Waals surface area contributed by atoms with Crippen molar-refractivity contribution in [3.8, 4) is 0 Å². The van der Waals surface area contributed by atoms with Crippen molar-refractivity contribution in [2.75, 3.05) is 13.1 Å². The third kappa shape index (κ3) is 3.16. The van der Waals surface area contributed by atoms with Gasteiger partial charge in [-0.1, -0.05) is 11.6 Å². The molecule has 1 aromatic carbocycles. The van der Waals surface area contributed by atoms with Crippen LogP contribution < -0.4 is 5.73 Å². The van der Waals surface area contributed by atoms with Crippen LogP contribution in [0.2, 0.25) is 0 Å². The molecule has 6 nitrogen and oxygen atoms in total. The van der Waals surface area contributed by atoms with Gasteiger partial charge in [-0.05, 0) is 51.8 Å². The SMILES string of the molecule is Cc1ccc2c(c1)C(=O)N(C(C)C(=O)N1CC(CN)CC1C)C2=O.Cl. The van der Waals surface area contributed by atoms with Gasteiger partial charge < -0.3 is 10.6 Å². The van der Waals surface area contributed by atoms with E-state index in [1.165, 1.54) is 0 Å². The minimum absolute atomic E-state index is 0. The normalized spacial score (nSPS) is 23.5. The Hall–Kier alpha value is -1.92. The van der Waals surface area contributed by atoms with Crippen LogP contribution in [0.15, 0.2) is 18.2 Å². The van der Waals surface area contributed by atoms with Crippen LogP contribution in [0, 0.1) is 12.8 Å². The number of carbonyl (C=O) groups is 3. The summed E-state index contributed by atoms with van der Waals surface area (Å²) in [6.07, 6.45) is 0.857. The highest BCUT2D eigenvalue weighted by Gasteiger charge is 2.43. The first kappa shape index (κ1) is 19.4. The van der Waals surface area contributed by atoms with Crippen molar-refractivity contribution in [3.05, 3.63) is 34.9 Å². The number of amides is 3. The largest absolute Gasteiger partial charge is 0.338 e. The van der Waals surface area contributed by atoms with Gasteiger partial charge in [-0.2, -0.15) is 0 Å². The van der Waals surface area contributed by atoms with E-state index in [2.05, 4.69) is 0 Å². The third-order valence-corrected chi connectivity index (χ3v) is 5.10. The van der Waals surface area contributed by atoms with E-state index >= 15 is 0 Å². The molecule has 0 aliphatic carbocycles. The molecule has 2 aliphatic heterocycles. The van der Waals surface area contributed by atoms with E-state index in [9.17, 15) is 14.4 Å². The molecule has 25 heavy (non-hydrogen) atoms. The van der Waals surface area contributed by atoms with Crippen LogP contribution in [0.1, 0.15) is 46.5 Å². The average Bonchev–Trinajstić information content (AvgIpc) is 3.04. The molecule has 0 aromatic heterocycles. The number of carbonyl (C=O) groups excluding carboxylic acids is 3. The van der Waals surface area contributed by atoms with Crippen LogP contribution in [-0.2, 0) is 4.79 Å². The second-order valence-corrected chi connectivity index (χ2v) is 6.88. The van der Waals surface area contributed by atoms with Gasteiger partial charge in [0.25, 0.3) is 11.8 Å². The van der Waals surface area contributed by atoms with E-state index in [4.69, 9.17) is 5.73 Å². The molecule has 0 radical (unpaired) electrons. The number of fused-ring (bicyclic) bond motifs is 1. The molecule has 2 heterocycles. The van der Waals surface area contributed by atoms with Gasteiger partial charge in [0.1, 0.15) is 6.04 Å². The zero-order valence-electron chi connectivity index (χ0n) is 14.7. The van der Waals surface area contributed by atoms with E-state index in [0.29, 0.717) is 24.2 Å². The molecule has 1 aromatic rings. The summed E-state index contributed by atoms with van der Waals surface area (Å²) in [4.78, 5) is 40.9. The number of imide groups is 1. The molecule has 3 rings (SSSR count). The van der Waals surface area contributed by atoms with Gasteiger partial charge >= 0.3 is 0 Å². The summed E-state index contributed by atoms with van der Waals surface area (Å²) in [5.74, 6) is -0.689. The van der Waals surface area contributed by atoms with Crippen LogP contribution >= 0.6 is 12.4 Å². The van der Waals surface area contributed by atoms with Gasteiger partial charge in [-0.15, -0.1) is 12.4 Å². The number of nitrogens with two attached hydrogens (primary N) is 1. The molecule has 0 spiro atoms. The van der Waals surface area contributed by atoms with Crippen molar-refractivity contribution >= 4 is 30.1 Å². The number of likely N-dealkylation sites (tertiary alicyclic amines) is 1. The zero-order chi connectivity index (χ0) is 17.6. The summed E-state index contributed by atoms with van der Waals surface area (Å²) in [5, 5.41) is 0. The maximum Gasteiger partial charge on any atom is 0.262 e. The third-order valence-electron chi connectivity index (χ3n) is 5.10. The minimum Gasteiger partial charge on any atom is -0.338 e. The first-order chi connectivity index (χ1) is 11.3. The smallest absolute Gasteiger partial charge is 0.262 e. The first-order valence-electron chi connectivity index (χ1n) is 8.34. The number of hydrogen-bond acceptors (Lipinski definition) is 4. The van der Waals surface area contributed by atoms with Crippen LogP contribution in [0.5, 0.6) is 0 Å². The molecule has 0 bridgehead atoms. The summed E-state index contributed by atoms with van der Waals surface area (Å²) < 4.78 is 0. The Kier molecular flexibility index (Phi) is 5.54. The summed E-state index contributed by atoms with van der Waals surface area (Å²) in [6, 6.07) is 4.43. The van der Waals surface area contributed by atoms with E-state index in [0.717, 1.165) is 16.9 Å². The van der Waals surface area contributed by atoms with Crippen molar-refractivity contribution in [3.63, 3.8) is 0 Å². The molecule has 3 unspecified atom stereocenters. The maximum absolute atomic E-state index is 12.9. The molecular weight excluding hydrogens is 342 g/mol. The second-order valence-electron chi connectivity index (χ2n) is 6.88. The number of nitrogens with zero attached hydrogens (tertiary/aromatic N) is 2. The van der Waals surface area contributed by atoms with Crippen molar-refractivity contribution < 1.29 is 14.4 Å². The van der Waals surface area contributed by atoms with Crippen LogP contribution in [0.3, 0.4) is 0 Å². The van der Waals surface area contributed by atoms with Crippen molar-refractivity contribution in [2.24, 2.45) is 11.7 Å². The van der Waals surface area contributed by atoms with Gasteiger partial charge in [0.15, 0.2) is 0 Å². The van der Waals surface area contributed by atoms with Crippen LogP contribution in [0.25, 0.3) is 0 Å². The number of hydrogen-bond donors (Lipinski definition) is 1. The summed E-state index contributed by atoms with van der Waals surface area (Å²) in [5.41, 5.74) is 7.39. The number of halogens is 1. The quantitative estimate of drug-likeness (QED) is 0.824. The van der Waals surface area contributed by atoms with Gasteiger partial charge in [0.05, 0.1) is 11.1 Å². The fourth-order valence-electron chi connectivity index (χ4n) is 3.70. The Morgan fingerprint density at radius 2 is 1.92 bits per heavy atom. The summed E-state index contributed by atoms with van der Waals surface area (Å²) in [6.45, 7) is 6.59. The predicted molar refractivity (Wildman–Crippen MR) is 96.7 cm³/mol. The minimum atomic E-state index is -0.809. The number of aryl methyl sites for hydroxylation is 1. The fraction of sp³-hybridized carbons (Fsp3) is 0.500. The lowest BCUT2D eigenvalue weighted by Gasteiger charge is -2.29. The van der Waals surface area contributed by atoms with Crippen LogP contribution in [-0.4, -0.2) is 52.7 Å². The maximum atomic E-state index is 12.9. The summed E-state index contributed by atoms with van der Waals surface area (Å²) in [7, 11) is 0. The van der Waals surface area contributed by atoms with Gasteiger partial charge in [0, 0.05) is 12.6 Å². The predicted octanol–water partition coefficient (Wildman–Crippen LogP) is 1.60. The number of rotatable bonds is 3. The van der Waals surface area contributed by atoms with Gasteiger partial charge in [-0.3, -0.25) is 19.3 Å². The molecule has 3 atom stereocenters. The van der Waals surface area contributed by atoms with E-state index in [1.807, 2.05) is 13.8 Å². The Morgan fingerprint density at radius 1 is 1.28 bits per heavy atom. The molecule has 136 valence electrons. The molecule has 3 amide bonds. The zero-order valence-corrected chi connectivity index (χ0v) is 15.5. The van der Waals surface area contributed by atoms with E-state index in [-0.39, 0.29) is 36.2 Å². The lowest BCUT2D eigenvalue weighted by molar-refractivity contribution is -0.135. The van der Waals surface area contributed by atoms with E-state index in [1.54, 1.807) is 30.0 Å². The summed E-state index contributed by atoms with van der Waals surface area (Å²) >= 11 is 0. The standard InChI is InChI=1S/C18H23N3O3.ClH/c1-10-4-5-14-15(6-10)18(24)21(17(14)23)12(3)16(22)20-9-13(8-19)7-11(20)2;/h4-6,11-13H,7-9,19H2,1-3H3;1H.